The van der Waals surface area contributed by atoms with Gasteiger partial charge in [0.1, 0.15) is 0 Å². The Morgan fingerprint density at radius 2 is 1.67 bits per heavy atom. The van der Waals surface area contributed by atoms with Crippen molar-refractivity contribution in [2.24, 2.45) is 5.92 Å². The fourth-order valence-electron chi connectivity index (χ4n) is 4.79. The Hall–Kier alpha value is -2.45. The molecule has 4 atom stereocenters. The Morgan fingerprint density at radius 3 is 2.30 bits per heavy atom. The molecule has 1 saturated carbocycles. The van der Waals surface area contributed by atoms with Gasteiger partial charge in [-0.3, -0.25) is 14.5 Å². The second kappa shape index (κ2) is 8.73. The van der Waals surface area contributed by atoms with E-state index in [-0.39, 0.29) is 48.6 Å². The second-order valence-electron chi connectivity index (χ2n) is 8.30. The standard InChI is InChI=1S/C22H29N3O5/c1-29-18-11-16-17(12-19(18)30-2)23-22(28)25(21(16)27)13-14-5-7-15(8-6-14)20(26)24-9-3-4-10-24/h5-8,16-19H,3-4,9-13H2,1-2H3,(H,23,28). The number of nitrogens with one attached hydrogen (secondary N) is 1. The molecule has 2 aliphatic heterocycles. The summed E-state index contributed by atoms with van der Waals surface area (Å²) in [4.78, 5) is 41.3. The number of nitrogens with zero attached hydrogens (tertiary/aromatic N) is 2. The second-order valence-corrected chi connectivity index (χ2v) is 8.30. The zero-order chi connectivity index (χ0) is 21.3. The average molecular weight is 415 g/mol. The lowest BCUT2D eigenvalue weighted by Gasteiger charge is -2.44. The Morgan fingerprint density at radius 1 is 1.03 bits per heavy atom. The van der Waals surface area contributed by atoms with Gasteiger partial charge in [0.05, 0.1) is 24.7 Å². The summed E-state index contributed by atoms with van der Waals surface area (Å²) >= 11 is 0. The maximum absolute atomic E-state index is 13.1. The third kappa shape index (κ3) is 3.94. The molecule has 1 aliphatic carbocycles. The van der Waals surface area contributed by atoms with E-state index in [1.165, 1.54) is 4.90 Å². The van der Waals surface area contributed by atoms with Gasteiger partial charge in [-0.25, -0.2) is 4.79 Å². The predicted molar refractivity (Wildman–Crippen MR) is 109 cm³/mol. The normalized spacial score (nSPS) is 29.0. The van der Waals surface area contributed by atoms with Gasteiger partial charge in [-0.05, 0) is 43.4 Å². The van der Waals surface area contributed by atoms with Crippen LogP contribution >= 0.6 is 0 Å². The molecule has 4 unspecified atom stereocenters. The Bertz CT molecular complexity index is 805. The summed E-state index contributed by atoms with van der Waals surface area (Å²) in [5.74, 6) is -0.471. The van der Waals surface area contributed by atoms with E-state index in [9.17, 15) is 14.4 Å². The lowest BCUT2D eigenvalue weighted by atomic mass is 9.79. The lowest BCUT2D eigenvalue weighted by Crippen LogP contribution is -2.63. The molecule has 0 bridgehead atoms. The first kappa shape index (κ1) is 20.8. The van der Waals surface area contributed by atoms with E-state index < -0.39 is 0 Å². The highest BCUT2D eigenvalue weighted by molar-refractivity contribution is 5.99. The van der Waals surface area contributed by atoms with Crippen LogP contribution in [-0.4, -0.2) is 73.2 Å². The molecule has 1 N–H and O–H groups in total. The molecule has 0 spiro atoms. The van der Waals surface area contributed by atoms with E-state index in [1.54, 1.807) is 26.4 Å². The maximum Gasteiger partial charge on any atom is 0.324 e. The van der Waals surface area contributed by atoms with Crippen LogP contribution in [0.1, 0.15) is 41.6 Å². The quantitative estimate of drug-likeness (QED) is 0.792. The van der Waals surface area contributed by atoms with Crippen molar-refractivity contribution in [3.63, 3.8) is 0 Å². The number of imide groups is 1. The van der Waals surface area contributed by atoms with Crippen LogP contribution in [0.5, 0.6) is 0 Å². The molecule has 1 aromatic rings. The summed E-state index contributed by atoms with van der Waals surface area (Å²) < 4.78 is 11.0. The molecule has 0 aromatic heterocycles. The molecule has 8 nitrogen and oxygen atoms in total. The van der Waals surface area contributed by atoms with E-state index in [2.05, 4.69) is 5.32 Å². The van der Waals surface area contributed by atoms with Crippen LogP contribution in [0, 0.1) is 5.92 Å². The van der Waals surface area contributed by atoms with Crippen molar-refractivity contribution < 1.29 is 23.9 Å². The van der Waals surface area contributed by atoms with Gasteiger partial charge in [0.2, 0.25) is 5.91 Å². The maximum atomic E-state index is 13.1. The van der Waals surface area contributed by atoms with Crippen LogP contribution in [0.25, 0.3) is 0 Å². The average Bonchev–Trinajstić information content (AvgIpc) is 3.30. The Labute approximate surface area is 176 Å². The summed E-state index contributed by atoms with van der Waals surface area (Å²) in [6.45, 7) is 1.79. The number of hydrogen-bond acceptors (Lipinski definition) is 5. The van der Waals surface area contributed by atoms with Gasteiger partial charge in [-0.2, -0.15) is 0 Å². The van der Waals surface area contributed by atoms with Crippen LogP contribution in [-0.2, 0) is 20.8 Å². The minimum atomic E-state index is -0.385. The first-order chi connectivity index (χ1) is 14.5. The lowest BCUT2D eigenvalue weighted by molar-refractivity contribution is -0.144. The topological polar surface area (TPSA) is 88.2 Å². The number of fused-ring (bicyclic) bond motifs is 1. The van der Waals surface area contributed by atoms with Crippen LogP contribution in [0.4, 0.5) is 4.79 Å². The fourth-order valence-corrected chi connectivity index (χ4v) is 4.79. The molecule has 162 valence electrons. The molecule has 4 rings (SSSR count). The minimum Gasteiger partial charge on any atom is -0.379 e. The fraction of sp³-hybridized carbons (Fsp3) is 0.591. The van der Waals surface area contributed by atoms with E-state index >= 15 is 0 Å². The number of benzene rings is 1. The van der Waals surface area contributed by atoms with E-state index in [0.29, 0.717) is 18.4 Å². The molecule has 0 radical (unpaired) electrons. The number of hydrogen-bond donors (Lipinski definition) is 1. The highest BCUT2D eigenvalue weighted by Gasteiger charge is 2.47. The van der Waals surface area contributed by atoms with Crippen molar-refractivity contribution in [2.75, 3.05) is 27.3 Å². The molecule has 2 saturated heterocycles. The highest BCUT2D eigenvalue weighted by Crippen LogP contribution is 2.33. The molecular formula is C22H29N3O5. The van der Waals surface area contributed by atoms with Crippen LogP contribution < -0.4 is 5.32 Å². The summed E-state index contributed by atoms with van der Waals surface area (Å²) in [6, 6.07) is 6.55. The number of rotatable bonds is 5. The number of carbonyl (C=O) groups is 3. The molecule has 8 heteroatoms. The van der Waals surface area contributed by atoms with E-state index in [4.69, 9.17) is 9.47 Å². The van der Waals surface area contributed by atoms with E-state index in [1.807, 2.05) is 17.0 Å². The van der Waals surface area contributed by atoms with Gasteiger partial charge >= 0.3 is 6.03 Å². The van der Waals surface area contributed by atoms with Gasteiger partial charge in [-0.1, -0.05) is 12.1 Å². The van der Waals surface area contributed by atoms with Gasteiger partial charge in [0.15, 0.2) is 0 Å². The van der Waals surface area contributed by atoms with Crippen LogP contribution in [0.2, 0.25) is 0 Å². The zero-order valence-corrected chi connectivity index (χ0v) is 17.5. The summed E-state index contributed by atoms with van der Waals surface area (Å²) in [7, 11) is 3.24. The largest absolute Gasteiger partial charge is 0.379 e. The van der Waals surface area contributed by atoms with E-state index in [0.717, 1.165) is 31.5 Å². The SMILES string of the molecule is COC1CC2NC(=O)N(Cc3ccc(C(=O)N4CCCC4)cc3)C(=O)C2CC1OC. The number of likely N-dealkylation sites (tertiary alicyclic amines) is 1. The third-order valence-corrected chi connectivity index (χ3v) is 6.55. The molecule has 3 fully saturated rings. The molecule has 1 aromatic carbocycles. The number of methoxy groups -OCH3 is 2. The van der Waals surface area contributed by atoms with Crippen molar-refractivity contribution >= 4 is 17.8 Å². The Balaban J connectivity index is 1.43. The van der Waals surface area contributed by atoms with Crippen molar-refractivity contribution in [1.29, 1.82) is 0 Å². The van der Waals surface area contributed by atoms with Crippen LogP contribution in [0.3, 0.4) is 0 Å². The Kier molecular flexibility index (Phi) is 6.06. The summed E-state index contributed by atoms with van der Waals surface area (Å²) in [6.07, 6.45) is 2.85. The number of carbonyl (C=O) groups excluding carboxylic acids is 3. The minimum absolute atomic E-state index is 0.0363. The molecular weight excluding hydrogens is 386 g/mol. The van der Waals surface area contributed by atoms with Crippen molar-refractivity contribution in [1.82, 2.24) is 15.1 Å². The van der Waals surface area contributed by atoms with Gasteiger partial charge < -0.3 is 19.7 Å². The number of ether oxygens (including phenoxy) is 2. The zero-order valence-electron chi connectivity index (χ0n) is 17.5. The molecule has 30 heavy (non-hydrogen) atoms. The smallest absolute Gasteiger partial charge is 0.324 e. The molecule has 2 heterocycles. The van der Waals surface area contributed by atoms with Gasteiger partial charge in [-0.15, -0.1) is 0 Å². The third-order valence-electron chi connectivity index (χ3n) is 6.55. The van der Waals surface area contributed by atoms with Crippen molar-refractivity contribution in [3.8, 4) is 0 Å². The van der Waals surface area contributed by atoms with Gasteiger partial charge in [0.25, 0.3) is 5.91 Å². The monoisotopic (exact) mass is 415 g/mol. The van der Waals surface area contributed by atoms with Crippen molar-refractivity contribution in [2.45, 2.75) is 50.5 Å². The van der Waals surface area contributed by atoms with Crippen LogP contribution in [0.15, 0.2) is 24.3 Å². The number of urea groups is 1. The molecule has 3 aliphatic rings. The number of amides is 4. The van der Waals surface area contributed by atoms with Crippen molar-refractivity contribution in [3.05, 3.63) is 35.4 Å². The summed E-state index contributed by atoms with van der Waals surface area (Å²) in [5, 5.41) is 2.96. The van der Waals surface area contributed by atoms with Gasteiger partial charge in [0, 0.05) is 38.9 Å². The highest BCUT2D eigenvalue weighted by atomic mass is 16.5. The first-order valence-electron chi connectivity index (χ1n) is 10.6. The predicted octanol–water partition coefficient (Wildman–Crippen LogP) is 1.78. The summed E-state index contributed by atoms with van der Waals surface area (Å²) in [5.41, 5.74) is 1.44. The molecule has 4 amide bonds. The first-order valence-corrected chi connectivity index (χ1v) is 10.6.